The Hall–Kier alpha value is -2.38. The minimum atomic E-state index is -3.88. The molecule has 0 spiro atoms. The lowest BCUT2D eigenvalue weighted by Crippen LogP contribution is -2.26. The summed E-state index contributed by atoms with van der Waals surface area (Å²) >= 11 is 0. The van der Waals surface area contributed by atoms with Crippen molar-refractivity contribution < 1.29 is 33.2 Å². The third-order valence-corrected chi connectivity index (χ3v) is 4.00. The Morgan fingerprint density at radius 3 is 1.84 bits per heavy atom. The van der Waals surface area contributed by atoms with Crippen molar-refractivity contribution >= 4 is 13.6 Å². The van der Waals surface area contributed by atoms with Gasteiger partial charge in [0.05, 0.1) is 13.7 Å². The van der Waals surface area contributed by atoms with Crippen molar-refractivity contribution in [2.24, 2.45) is 0 Å². The van der Waals surface area contributed by atoms with Crippen LogP contribution in [0.2, 0.25) is 0 Å². The second kappa shape index (κ2) is 9.80. The monoisotopic (exact) mass is 367 g/mol. The summed E-state index contributed by atoms with van der Waals surface area (Å²) in [5.41, 5.74) is 0. The van der Waals surface area contributed by atoms with E-state index in [0.29, 0.717) is 11.5 Å². The van der Waals surface area contributed by atoms with Crippen molar-refractivity contribution in [3.05, 3.63) is 60.7 Å². The molecule has 0 fully saturated rings. The second-order valence-corrected chi connectivity index (χ2v) is 6.55. The first kappa shape index (κ1) is 19.0. The standard InChI is InChI=1S/C16H18NO7P/c1-20-16(18)12-17-13-25(19,23-21-14-8-4-2-5-9-14)24-22-15-10-6-3-7-11-15/h2-11,17H,12-13H2,1H3. The summed E-state index contributed by atoms with van der Waals surface area (Å²) in [6.45, 7) is -0.177. The Balaban J connectivity index is 1.96. The zero-order valence-corrected chi connectivity index (χ0v) is 14.4. The van der Waals surface area contributed by atoms with E-state index >= 15 is 0 Å². The second-order valence-electron chi connectivity index (χ2n) is 4.71. The van der Waals surface area contributed by atoms with E-state index in [0.717, 1.165) is 0 Å². The average Bonchev–Trinajstić information content (AvgIpc) is 2.66. The van der Waals surface area contributed by atoms with Gasteiger partial charge in [0.15, 0.2) is 11.5 Å². The number of esters is 1. The van der Waals surface area contributed by atoms with Crippen LogP contribution in [0.4, 0.5) is 0 Å². The Morgan fingerprint density at radius 1 is 0.920 bits per heavy atom. The van der Waals surface area contributed by atoms with Gasteiger partial charge >= 0.3 is 13.6 Å². The van der Waals surface area contributed by atoms with Crippen molar-refractivity contribution in [2.75, 3.05) is 19.9 Å². The molecular formula is C16H18NO7P. The Morgan fingerprint density at radius 2 is 1.40 bits per heavy atom. The summed E-state index contributed by atoms with van der Waals surface area (Å²) in [6, 6.07) is 16.9. The van der Waals surface area contributed by atoms with Gasteiger partial charge in [-0.3, -0.25) is 14.7 Å². The van der Waals surface area contributed by atoms with E-state index in [1.54, 1.807) is 60.7 Å². The highest BCUT2D eigenvalue weighted by atomic mass is 31.2. The minimum absolute atomic E-state index is 0.177. The minimum Gasteiger partial charge on any atom is -0.468 e. The summed E-state index contributed by atoms with van der Waals surface area (Å²) in [5.74, 6) is 0.137. The average molecular weight is 367 g/mol. The number of hydrogen-bond acceptors (Lipinski definition) is 8. The van der Waals surface area contributed by atoms with Crippen LogP contribution in [-0.4, -0.2) is 25.9 Å². The van der Waals surface area contributed by atoms with Gasteiger partial charge in [-0.15, -0.1) is 0 Å². The van der Waals surface area contributed by atoms with Gasteiger partial charge in [-0.2, -0.15) is 0 Å². The van der Waals surface area contributed by atoms with Crippen LogP contribution < -0.4 is 15.1 Å². The van der Waals surface area contributed by atoms with Crippen LogP contribution in [0.15, 0.2) is 60.7 Å². The maximum Gasteiger partial charge on any atom is 0.418 e. The lowest BCUT2D eigenvalue weighted by molar-refractivity contribution is -0.171. The van der Waals surface area contributed by atoms with E-state index in [-0.39, 0.29) is 12.8 Å². The first-order valence-electron chi connectivity index (χ1n) is 7.30. The molecule has 0 heterocycles. The summed E-state index contributed by atoms with van der Waals surface area (Å²) < 4.78 is 27.1. The molecule has 0 saturated carbocycles. The first-order valence-corrected chi connectivity index (χ1v) is 9.03. The topological polar surface area (TPSA) is 92.3 Å². The van der Waals surface area contributed by atoms with E-state index in [9.17, 15) is 9.36 Å². The SMILES string of the molecule is COC(=O)CNCP(=O)(OOc1ccccc1)OOc1ccccc1. The number of carbonyl (C=O) groups excluding carboxylic acids is 1. The number of ether oxygens (including phenoxy) is 1. The lowest BCUT2D eigenvalue weighted by Gasteiger charge is -2.16. The highest BCUT2D eigenvalue weighted by Crippen LogP contribution is 2.47. The number of hydrogen-bond donors (Lipinski definition) is 1. The lowest BCUT2D eigenvalue weighted by atomic mass is 10.3. The van der Waals surface area contributed by atoms with E-state index < -0.39 is 13.6 Å². The molecule has 1 N–H and O–H groups in total. The van der Waals surface area contributed by atoms with Gasteiger partial charge in [0.2, 0.25) is 0 Å². The van der Waals surface area contributed by atoms with Crippen LogP contribution in [-0.2, 0) is 23.4 Å². The van der Waals surface area contributed by atoms with Gasteiger partial charge in [-0.1, -0.05) is 45.7 Å². The molecule has 0 aliphatic rings. The molecule has 0 aliphatic heterocycles. The molecule has 0 amide bonds. The van der Waals surface area contributed by atoms with Crippen molar-refractivity contribution in [2.45, 2.75) is 0 Å². The Kier molecular flexibility index (Phi) is 7.43. The molecule has 0 atom stereocenters. The molecule has 2 aromatic carbocycles. The summed E-state index contributed by atoms with van der Waals surface area (Å²) in [4.78, 5) is 21.2. The molecule has 0 aromatic heterocycles. The zero-order chi connectivity index (χ0) is 18.0. The fraction of sp³-hybridized carbons (Fsp3) is 0.188. The van der Waals surface area contributed by atoms with Gasteiger partial charge in [-0.25, -0.2) is 0 Å². The van der Waals surface area contributed by atoms with Crippen molar-refractivity contribution in [1.29, 1.82) is 0 Å². The van der Waals surface area contributed by atoms with Gasteiger partial charge in [0.25, 0.3) is 0 Å². The summed E-state index contributed by atoms with van der Waals surface area (Å²) in [5, 5.41) is 2.60. The fourth-order valence-electron chi connectivity index (χ4n) is 1.58. The number of rotatable bonds is 10. The molecule has 0 aliphatic carbocycles. The van der Waals surface area contributed by atoms with Crippen LogP contribution in [0.5, 0.6) is 11.5 Å². The van der Waals surface area contributed by atoms with Gasteiger partial charge < -0.3 is 14.5 Å². The number of para-hydroxylation sites is 2. The molecule has 134 valence electrons. The Labute approximate surface area is 145 Å². The quantitative estimate of drug-likeness (QED) is 0.297. The molecule has 0 saturated heterocycles. The van der Waals surface area contributed by atoms with E-state index in [2.05, 4.69) is 10.1 Å². The van der Waals surface area contributed by atoms with Crippen molar-refractivity contribution in [1.82, 2.24) is 5.32 Å². The van der Waals surface area contributed by atoms with Crippen LogP contribution in [0, 0.1) is 0 Å². The van der Waals surface area contributed by atoms with Crippen LogP contribution in [0.25, 0.3) is 0 Å². The number of methoxy groups -OCH3 is 1. The maximum absolute atomic E-state index is 12.7. The van der Waals surface area contributed by atoms with Crippen LogP contribution >= 0.6 is 7.60 Å². The predicted octanol–water partition coefficient (Wildman–Crippen LogP) is 2.92. The van der Waals surface area contributed by atoms with E-state index in [1.807, 2.05) is 0 Å². The van der Waals surface area contributed by atoms with Crippen LogP contribution in [0.3, 0.4) is 0 Å². The number of benzene rings is 2. The normalized spacial score (nSPS) is 10.9. The highest BCUT2D eigenvalue weighted by molar-refractivity contribution is 7.53. The van der Waals surface area contributed by atoms with Crippen molar-refractivity contribution in [3.63, 3.8) is 0 Å². The molecule has 0 unspecified atom stereocenters. The molecular weight excluding hydrogens is 349 g/mol. The number of nitrogens with one attached hydrogen (secondary N) is 1. The van der Waals surface area contributed by atoms with E-state index in [1.165, 1.54) is 7.11 Å². The summed E-state index contributed by atoms with van der Waals surface area (Å²) in [6.07, 6.45) is -0.332. The van der Waals surface area contributed by atoms with Crippen molar-refractivity contribution in [3.8, 4) is 11.5 Å². The molecule has 0 bridgehead atoms. The zero-order valence-electron chi connectivity index (χ0n) is 13.5. The third-order valence-electron chi connectivity index (χ3n) is 2.78. The fourth-order valence-corrected chi connectivity index (χ4v) is 2.50. The van der Waals surface area contributed by atoms with Gasteiger partial charge in [0.1, 0.15) is 6.29 Å². The number of carbonyl (C=O) groups is 1. The molecule has 25 heavy (non-hydrogen) atoms. The molecule has 9 heteroatoms. The largest absolute Gasteiger partial charge is 0.468 e. The maximum atomic E-state index is 12.7. The third kappa shape index (κ3) is 6.94. The van der Waals surface area contributed by atoms with Gasteiger partial charge in [0, 0.05) is 0 Å². The smallest absolute Gasteiger partial charge is 0.418 e. The highest BCUT2D eigenvalue weighted by Gasteiger charge is 2.30. The molecule has 2 rings (SSSR count). The van der Waals surface area contributed by atoms with E-state index in [4.69, 9.17) is 19.1 Å². The Bertz CT molecular complexity index is 649. The van der Waals surface area contributed by atoms with Crippen LogP contribution in [0.1, 0.15) is 0 Å². The molecule has 2 aromatic rings. The molecule has 0 radical (unpaired) electrons. The first-order chi connectivity index (χ1) is 12.1. The van der Waals surface area contributed by atoms with Gasteiger partial charge in [-0.05, 0) is 24.3 Å². The molecule has 8 nitrogen and oxygen atoms in total. The summed E-state index contributed by atoms with van der Waals surface area (Å²) in [7, 11) is -2.64. The predicted molar refractivity (Wildman–Crippen MR) is 88.8 cm³/mol.